The van der Waals surface area contributed by atoms with Gasteiger partial charge in [0.1, 0.15) is 0 Å². The van der Waals surface area contributed by atoms with Gasteiger partial charge in [0, 0.05) is 16.5 Å². The number of allylic oxidation sites excluding steroid dienone is 1. The average Bonchev–Trinajstić information content (AvgIpc) is 2.83. The van der Waals surface area contributed by atoms with E-state index < -0.39 is 11.9 Å². The third-order valence-electron chi connectivity index (χ3n) is 5.53. The lowest BCUT2D eigenvalue weighted by Gasteiger charge is -2.16. The standard InChI is InChI=1S/C26H28Cl2O6/c1-15-20(25(30)33-4)11-17(13-22(15)27)19(9-7-6-8-10-24(29)32-3)18-12-21(26(31)34-5)16(2)23(28)14-18/h9,11-14H,6-8,10H2,1-5H3. The molecule has 0 aromatic heterocycles. The molecule has 0 fully saturated rings. The number of esters is 3. The van der Waals surface area contributed by atoms with Crippen molar-refractivity contribution < 1.29 is 28.6 Å². The summed E-state index contributed by atoms with van der Waals surface area (Å²) < 4.78 is 14.5. The molecule has 0 aliphatic carbocycles. The number of halogens is 2. The smallest absolute Gasteiger partial charge is 0.338 e. The zero-order chi connectivity index (χ0) is 25.4. The number of benzene rings is 2. The van der Waals surface area contributed by atoms with Crippen molar-refractivity contribution in [2.24, 2.45) is 0 Å². The zero-order valence-electron chi connectivity index (χ0n) is 19.9. The van der Waals surface area contributed by atoms with E-state index in [-0.39, 0.29) is 5.97 Å². The predicted molar refractivity (Wildman–Crippen MR) is 133 cm³/mol. The Labute approximate surface area is 209 Å². The van der Waals surface area contributed by atoms with Gasteiger partial charge in [-0.1, -0.05) is 29.3 Å². The van der Waals surface area contributed by atoms with Gasteiger partial charge in [-0.15, -0.1) is 0 Å². The summed E-state index contributed by atoms with van der Waals surface area (Å²) in [6, 6.07) is 6.93. The van der Waals surface area contributed by atoms with E-state index in [0.29, 0.717) is 62.7 Å². The van der Waals surface area contributed by atoms with E-state index in [1.54, 1.807) is 38.1 Å². The first kappa shape index (κ1) is 27.4. The second-order valence-electron chi connectivity index (χ2n) is 7.68. The molecule has 0 N–H and O–H groups in total. The topological polar surface area (TPSA) is 78.9 Å². The molecule has 0 amide bonds. The van der Waals surface area contributed by atoms with Gasteiger partial charge in [-0.3, -0.25) is 4.79 Å². The number of ether oxygens (including phenoxy) is 3. The second kappa shape index (κ2) is 12.6. The molecule has 182 valence electrons. The summed E-state index contributed by atoms with van der Waals surface area (Å²) in [7, 11) is 3.98. The van der Waals surface area contributed by atoms with Crippen molar-refractivity contribution in [2.45, 2.75) is 39.5 Å². The summed E-state index contributed by atoms with van der Waals surface area (Å²) in [6.07, 6.45) is 4.31. The van der Waals surface area contributed by atoms with Crippen molar-refractivity contribution in [1.29, 1.82) is 0 Å². The third kappa shape index (κ3) is 6.61. The van der Waals surface area contributed by atoms with Crippen LogP contribution in [-0.2, 0) is 19.0 Å². The van der Waals surface area contributed by atoms with Crippen LogP contribution in [0.25, 0.3) is 5.57 Å². The number of carbonyl (C=O) groups excluding carboxylic acids is 3. The molecule has 0 unspecified atom stereocenters. The van der Waals surface area contributed by atoms with E-state index in [1.807, 2.05) is 6.08 Å². The third-order valence-corrected chi connectivity index (χ3v) is 6.32. The van der Waals surface area contributed by atoms with E-state index in [4.69, 9.17) is 32.7 Å². The van der Waals surface area contributed by atoms with Crippen LogP contribution in [0.15, 0.2) is 30.3 Å². The summed E-state index contributed by atoms with van der Waals surface area (Å²) in [5.74, 6) is -1.27. The van der Waals surface area contributed by atoms with Crippen LogP contribution in [0.1, 0.15) is 68.7 Å². The summed E-state index contributed by atoms with van der Waals surface area (Å²) in [4.78, 5) is 36.1. The van der Waals surface area contributed by atoms with Crippen molar-refractivity contribution in [2.75, 3.05) is 21.3 Å². The number of unbranched alkanes of at least 4 members (excludes halogenated alkanes) is 2. The fourth-order valence-corrected chi connectivity index (χ4v) is 3.92. The number of rotatable bonds is 9. The molecule has 0 saturated heterocycles. The molecule has 0 aliphatic rings. The molecule has 0 aliphatic heterocycles. The van der Waals surface area contributed by atoms with Crippen LogP contribution in [0.5, 0.6) is 0 Å². The van der Waals surface area contributed by atoms with Crippen LogP contribution in [0.2, 0.25) is 10.0 Å². The average molecular weight is 507 g/mol. The SMILES string of the molecule is COC(=O)CCCCC=C(c1cc(Cl)c(C)c(C(=O)OC)c1)c1cc(Cl)c(C)c(C(=O)OC)c1. The number of hydrogen-bond donors (Lipinski definition) is 0. The van der Waals surface area contributed by atoms with Gasteiger partial charge in [0.25, 0.3) is 0 Å². The van der Waals surface area contributed by atoms with E-state index in [9.17, 15) is 14.4 Å². The molecule has 0 radical (unpaired) electrons. The fraction of sp³-hybridized carbons (Fsp3) is 0.346. The Balaban J connectivity index is 2.61. The first-order valence-electron chi connectivity index (χ1n) is 10.7. The second-order valence-corrected chi connectivity index (χ2v) is 8.50. The van der Waals surface area contributed by atoms with Crippen LogP contribution in [0, 0.1) is 13.8 Å². The molecular weight excluding hydrogens is 479 g/mol. The zero-order valence-corrected chi connectivity index (χ0v) is 21.4. The van der Waals surface area contributed by atoms with E-state index in [2.05, 4.69) is 4.74 Å². The van der Waals surface area contributed by atoms with Crippen molar-refractivity contribution >= 4 is 46.7 Å². The maximum atomic E-state index is 12.3. The lowest BCUT2D eigenvalue weighted by atomic mass is 9.91. The number of carbonyl (C=O) groups is 3. The van der Waals surface area contributed by atoms with E-state index in [1.165, 1.54) is 21.3 Å². The molecule has 0 spiro atoms. The first-order valence-corrected chi connectivity index (χ1v) is 11.4. The molecule has 6 nitrogen and oxygen atoms in total. The highest BCUT2D eigenvalue weighted by molar-refractivity contribution is 6.32. The van der Waals surface area contributed by atoms with Gasteiger partial charge >= 0.3 is 17.9 Å². The van der Waals surface area contributed by atoms with Crippen LogP contribution in [0.3, 0.4) is 0 Å². The lowest BCUT2D eigenvalue weighted by molar-refractivity contribution is -0.140. The Bertz CT molecular complexity index is 1050. The lowest BCUT2D eigenvalue weighted by Crippen LogP contribution is -2.07. The highest BCUT2D eigenvalue weighted by atomic mass is 35.5. The van der Waals surface area contributed by atoms with Crippen molar-refractivity contribution in [1.82, 2.24) is 0 Å². The molecule has 34 heavy (non-hydrogen) atoms. The van der Waals surface area contributed by atoms with E-state index >= 15 is 0 Å². The largest absolute Gasteiger partial charge is 0.469 e. The molecule has 2 rings (SSSR count). The summed E-state index contributed by atoms with van der Waals surface area (Å²) >= 11 is 12.9. The van der Waals surface area contributed by atoms with Gasteiger partial charge < -0.3 is 14.2 Å². The fourth-order valence-electron chi connectivity index (χ4n) is 3.48. The maximum Gasteiger partial charge on any atom is 0.338 e. The molecule has 2 aromatic carbocycles. The Morgan fingerprint density at radius 2 is 1.24 bits per heavy atom. The van der Waals surface area contributed by atoms with Crippen LogP contribution < -0.4 is 0 Å². The Morgan fingerprint density at radius 1 is 0.765 bits per heavy atom. The Kier molecular flexibility index (Phi) is 10.1. The molecule has 0 saturated carbocycles. The first-order chi connectivity index (χ1) is 16.1. The van der Waals surface area contributed by atoms with Gasteiger partial charge in [0.15, 0.2) is 0 Å². The minimum atomic E-state index is -0.504. The highest BCUT2D eigenvalue weighted by Crippen LogP contribution is 2.34. The van der Waals surface area contributed by atoms with Gasteiger partial charge in [0.2, 0.25) is 0 Å². The van der Waals surface area contributed by atoms with Crippen molar-refractivity contribution in [3.8, 4) is 0 Å². The molecule has 0 heterocycles. The van der Waals surface area contributed by atoms with E-state index in [0.717, 1.165) is 12.0 Å². The highest BCUT2D eigenvalue weighted by Gasteiger charge is 2.19. The minimum Gasteiger partial charge on any atom is -0.469 e. The monoisotopic (exact) mass is 506 g/mol. The maximum absolute atomic E-state index is 12.3. The predicted octanol–water partition coefficient (Wildman–Crippen LogP) is 6.35. The van der Waals surface area contributed by atoms with Gasteiger partial charge in [-0.05, 0) is 85.2 Å². The molecule has 0 bridgehead atoms. The van der Waals surface area contributed by atoms with Crippen LogP contribution >= 0.6 is 23.2 Å². The summed E-state index contributed by atoms with van der Waals surface area (Å²) in [5, 5.41) is 0.807. The van der Waals surface area contributed by atoms with Crippen molar-refractivity contribution in [3.63, 3.8) is 0 Å². The molecular formula is C26H28Cl2O6. The normalized spacial score (nSPS) is 10.4. The van der Waals surface area contributed by atoms with Crippen LogP contribution in [-0.4, -0.2) is 39.2 Å². The molecule has 8 heteroatoms. The molecule has 0 atom stereocenters. The summed E-state index contributed by atoms with van der Waals surface area (Å²) in [6.45, 7) is 3.49. The Morgan fingerprint density at radius 3 is 1.65 bits per heavy atom. The number of methoxy groups -OCH3 is 3. The van der Waals surface area contributed by atoms with Crippen molar-refractivity contribution in [3.05, 3.63) is 73.8 Å². The molecule has 2 aromatic rings. The van der Waals surface area contributed by atoms with Gasteiger partial charge in [0.05, 0.1) is 32.5 Å². The number of hydrogen-bond acceptors (Lipinski definition) is 6. The minimum absolute atomic E-state index is 0.259. The van der Waals surface area contributed by atoms with Crippen LogP contribution in [0.4, 0.5) is 0 Å². The quantitative estimate of drug-likeness (QED) is 0.224. The van der Waals surface area contributed by atoms with Gasteiger partial charge in [-0.2, -0.15) is 0 Å². The van der Waals surface area contributed by atoms with Gasteiger partial charge in [-0.25, -0.2) is 9.59 Å². The Hall–Kier alpha value is -2.83. The summed E-state index contributed by atoms with van der Waals surface area (Å²) in [5.41, 5.74) is 3.95.